The molecule has 18 heavy (non-hydrogen) atoms. The van der Waals surface area contributed by atoms with Crippen LogP contribution in [0.3, 0.4) is 0 Å². The molecule has 3 heteroatoms. The molecule has 0 fully saturated rings. The zero-order chi connectivity index (χ0) is 13.2. The first kappa shape index (κ1) is 15.1. The van der Waals surface area contributed by atoms with Crippen molar-refractivity contribution in [2.75, 3.05) is 26.2 Å². The third-order valence-electron chi connectivity index (χ3n) is 2.74. The van der Waals surface area contributed by atoms with Gasteiger partial charge in [-0.2, -0.15) is 0 Å². The van der Waals surface area contributed by atoms with Gasteiger partial charge in [-0.25, -0.2) is 4.39 Å². The van der Waals surface area contributed by atoms with Crippen molar-refractivity contribution in [3.63, 3.8) is 0 Å². The van der Waals surface area contributed by atoms with E-state index in [0.717, 1.165) is 44.6 Å². The third-order valence-corrected chi connectivity index (χ3v) is 2.74. The van der Waals surface area contributed by atoms with Gasteiger partial charge in [-0.15, -0.1) is 0 Å². The number of halogens is 1. The van der Waals surface area contributed by atoms with E-state index in [4.69, 9.17) is 0 Å². The molecule has 0 bridgehead atoms. The molecule has 0 spiro atoms. The molecule has 0 aliphatic carbocycles. The van der Waals surface area contributed by atoms with Crippen molar-refractivity contribution in [2.45, 2.75) is 26.7 Å². The normalized spacial score (nSPS) is 11.1. The zero-order valence-corrected chi connectivity index (χ0v) is 11.5. The Bertz CT molecular complexity index is 326. The van der Waals surface area contributed by atoms with Gasteiger partial charge in [0.2, 0.25) is 0 Å². The number of nitrogens with one attached hydrogen (secondary N) is 2. The van der Waals surface area contributed by atoms with E-state index in [2.05, 4.69) is 24.5 Å². The highest BCUT2D eigenvalue weighted by Gasteiger charge is 1.95. The average Bonchev–Trinajstić information content (AvgIpc) is 2.32. The lowest BCUT2D eigenvalue weighted by atomic mass is 10.1. The highest BCUT2D eigenvalue weighted by atomic mass is 19.1. The fourth-order valence-corrected chi connectivity index (χ4v) is 1.78. The molecule has 0 atom stereocenters. The fraction of sp³-hybridized carbons (Fsp3) is 0.600. The van der Waals surface area contributed by atoms with E-state index in [-0.39, 0.29) is 5.82 Å². The van der Waals surface area contributed by atoms with Gasteiger partial charge < -0.3 is 10.6 Å². The van der Waals surface area contributed by atoms with E-state index in [1.165, 1.54) is 6.07 Å². The van der Waals surface area contributed by atoms with Crippen LogP contribution in [-0.2, 0) is 6.42 Å². The van der Waals surface area contributed by atoms with Crippen molar-refractivity contribution < 1.29 is 4.39 Å². The second kappa shape index (κ2) is 9.06. The molecule has 2 N–H and O–H groups in total. The third kappa shape index (κ3) is 7.41. The Morgan fingerprint density at radius 3 is 2.61 bits per heavy atom. The summed E-state index contributed by atoms with van der Waals surface area (Å²) in [5.74, 6) is 0.566. The van der Waals surface area contributed by atoms with Crippen molar-refractivity contribution >= 4 is 0 Å². The molecule has 0 radical (unpaired) electrons. The standard InChI is InChI=1S/C15H25FN2/c1-13(2)12-18-9-4-8-17-10-7-14-5-3-6-15(16)11-14/h3,5-6,11,13,17-18H,4,7-10,12H2,1-2H3. The van der Waals surface area contributed by atoms with Crippen molar-refractivity contribution in [1.82, 2.24) is 10.6 Å². The molecular weight excluding hydrogens is 227 g/mol. The molecule has 0 heterocycles. The molecule has 0 aromatic heterocycles. The number of hydrogen-bond donors (Lipinski definition) is 2. The van der Waals surface area contributed by atoms with E-state index in [0.29, 0.717) is 5.92 Å². The first-order valence-electron chi connectivity index (χ1n) is 6.84. The lowest BCUT2D eigenvalue weighted by molar-refractivity contribution is 0.531. The Labute approximate surface area is 110 Å². The van der Waals surface area contributed by atoms with Crippen LogP contribution in [-0.4, -0.2) is 26.2 Å². The lowest BCUT2D eigenvalue weighted by Gasteiger charge is -2.08. The maximum Gasteiger partial charge on any atom is 0.123 e. The second-order valence-electron chi connectivity index (χ2n) is 5.08. The first-order valence-corrected chi connectivity index (χ1v) is 6.84. The Morgan fingerprint density at radius 2 is 1.89 bits per heavy atom. The van der Waals surface area contributed by atoms with Crippen LogP contribution in [0.1, 0.15) is 25.8 Å². The highest BCUT2D eigenvalue weighted by molar-refractivity contribution is 5.16. The van der Waals surface area contributed by atoms with Gasteiger partial charge in [0.05, 0.1) is 0 Å². The summed E-state index contributed by atoms with van der Waals surface area (Å²) < 4.78 is 12.9. The number of rotatable bonds is 9. The lowest BCUT2D eigenvalue weighted by Crippen LogP contribution is -2.25. The molecule has 102 valence electrons. The largest absolute Gasteiger partial charge is 0.316 e. The summed E-state index contributed by atoms with van der Waals surface area (Å²) >= 11 is 0. The quantitative estimate of drug-likeness (QED) is 0.660. The molecule has 0 amide bonds. The minimum atomic E-state index is -0.148. The number of benzene rings is 1. The van der Waals surface area contributed by atoms with E-state index in [1.807, 2.05) is 6.07 Å². The monoisotopic (exact) mass is 252 g/mol. The van der Waals surface area contributed by atoms with Gasteiger partial charge >= 0.3 is 0 Å². The summed E-state index contributed by atoms with van der Waals surface area (Å²) in [4.78, 5) is 0. The maximum atomic E-state index is 12.9. The Kier molecular flexibility index (Phi) is 7.62. The summed E-state index contributed by atoms with van der Waals surface area (Å²) in [5, 5.41) is 6.79. The fourth-order valence-electron chi connectivity index (χ4n) is 1.78. The van der Waals surface area contributed by atoms with Gasteiger partial charge in [0.1, 0.15) is 5.82 Å². The van der Waals surface area contributed by atoms with Crippen molar-refractivity contribution in [2.24, 2.45) is 5.92 Å². The van der Waals surface area contributed by atoms with Crippen LogP contribution < -0.4 is 10.6 Å². The van der Waals surface area contributed by atoms with Gasteiger partial charge in [0.15, 0.2) is 0 Å². The molecule has 1 rings (SSSR count). The molecule has 0 saturated carbocycles. The van der Waals surface area contributed by atoms with E-state index in [1.54, 1.807) is 12.1 Å². The molecule has 1 aromatic carbocycles. The summed E-state index contributed by atoms with van der Waals surface area (Å²) in [6.45, 7) is 8.50. The van der Waals surface area contributed by atoms with Gasteiger partial charge in [-0.3, -0.25) is 0 Å². The predicted octanol–water partition coefficient (Wildman–Crippen LogP) is 2.59. The van der Waals surface area contributed by atoms with Crippen LogP contribution in [0, 0.1) is 11.7 Å². The molecule has 1 aromatic rings. The minimum absolute atomic E-state index is 0.148. The molecule has 2 nitrogen and oxygen atoms in total. The van der Waals surface area contributed by atoms with Crippen LogP contribution in [0.4, 0.5) is 4.39 Å². The van der Waals surface area contributed by atoms with E-state index in [9.17, 15) is 4.39 Å². The second-order valence-corrected chi connectivity index (χ2v) is 5.08. The van der Waals surface area contributed by atoms with Crippen LogP contribution in [0.15, 0.2) is 24.3 Å². The van der Waals surface area contributed by atoms with Crippen molar-refractivity contribution in [1.29, 1.82) is 0 Å². The van der Waals surface area contributed by atoms with Crippen LogP contribution in [0.5, 0.6) is 0 Å². The summed E-state index contributed by atoms with van der Waals surface area (Å²) in [6.07, 6.45) is 2.02. The van der Waals surface area contributed by atoms with Crippen molar-refractivity contribution in [3.8, 4) is 0 Å². The van der Waals surface area contributed by atoms with E-state index >= 15 is 0 Å². The molecule has 0 aliphatic heterocycles. The van der Waals surface area contributed by atoms with Crippen LogP contribution >= 0.6 is 0 Å². The van der Waals surface area contributed by atoms with Gasteiger partial charge in [-0.05, 0) is 62.6 Å². The van der Waals surface area contributed by atoms with Gasteiger partial charge in [-0.1, -0.05) is 26.0 Å². The Hall–Kier alpha value is -0.930. The molecule has 0 saturated heterocycles. The summed E-state index contributed by atoms with van der Waals surface area (Å²) in [6, 6.07) is 6.82. The zero-order valence-electron chi connectivity index (χ0n) is 11.5. The Morgan fingerprint density at radius 1 is 1.11 bits per heavy atom. The minimum Gasteiger partial charge on any atom is -0.316 e. The van der Waals surface area contributed by atoms with Crippen LogP contribution in [0.25, 0.3) is 0 Å². The predicted molar refractivity (Wildman–Crippen MR) is 75.3 cm³/mol. The van der Waals surface area contributed by atoms with Crippen molar-refractivity contribution in [3.05, 3.63) is 35.6 Å². The van der Waals surface area contributed by atoms with Crippen LogP contribution in [0.2, 0.25) is 0 Å². The summed E-state index contributed by atoms with van der Waals surface area (Å²) in [5.41, 5.74) is 1.06. The SMILES string of the molecule is CC(C)CNCCCNCCc1cccc(F)c1. The maximum absolute atomic E-state index is 12.9. The first-order chi connectivity index (χ1) is 8.68. The average molecular weight is 252 g/mol. The highest BCUT2D eigenvalue weighted by Crippen LogP contribution is 2.03. The molecule has 0 aliphatic rings. The van der Waals surface area contributed by atoms with E-state index < -0.39 is 0 Å². The van der Waals surface area contributed by atoms with Gasteiger partial charge in [0.25, 0.3) is 0 Å². The molecule has 0 unspecified atom stereocenters. The Balaban J connectivity index is 1.96. The summed E-state index contributed by atoms with van der Waals surface area (Å²) in [7, 11) is 0. The smallest absolute Gasteiger partial charge is 0.123 e. The number of hydrogen-bond acceptors (Lipinski definition) is 2. The van der Waals surface area contributed by atoms with Gasteiger partial charge in [0, 0.05) is 0 Å². The molecular formula is C15H25FN2. The topological polar surface area (TPSA) is 24.1 Å².